The fraction of sp³-hybridized carbons (Fsp3) is 0.308. The van der Waals surface area contributed by atoms with Crippen molar-refractivity contribution in [2.24, 2.45) is 5.10 Å². The van der Waals surface area contributed by atoms with E-state index in [1.54, 1.807) is 30.3 Å². The molecule has 1 saturated heterocycles. The average Bonchev–Trinajstić information content (AvgIpc) is 3.59. The Morgan fingerprint density at radius 2 is 2.02 bits per heavy atom. The molecule has 214 valence electrons. The largest absolute Gasteiger partial charge is 0.490 e. The Bertz CT molecular complexity index is 1520. The van der Waals surface area contributed by atoms with Crippen LogP contribution in [0.2, 0.25) is 0 Å². The highest BCUT2D eigenvalue weighted by molar-refractivity contribution is 5.95. The molecule has 0 atom stereocenters. The highest BCUT2D eigenvalue weighted by Crippen LogP contribution is 2.29. The lowest BCUT2D eigenvalue weighted by Gasteiger charge is -2.25. The fourth-order valence-corrected chi connectivity index (χ4v) is 4.10. The van der Waals surface area contributed by atoms with Gasteiger partial charge in [-0.05, 0) is 58.7 Å². The Labute approximate surface area is 233 Å². The number of anilines is 1. The zero-order valence-corrected chi connectivity index (χ0v) is 22.2. The first kappa shape index (κ1) is 27.7. The first-order valence-corrected chi connectivity index (χ1v) is 12.8. The number of rotatable bonds is 11. The van der Waals surface area contributed by atoms with Gasteiger partial charge >= 0.3 is 0 Å². The molecule has 2 aromatic heterocycles. The van der Waals surface area contributed by atoms with Crippen molar-refractivity contribution in [3.8, 4) is 17.3 Å². The lowest BCUT2D eigenvalue weighted by atomic mass is 10.2. The van der Waals surface area contributed by atoms with E-state index in [9.17, 15) is 9.18 Å². The number of carbonyl (C=O) groups is 1. The number of hydrogen-bond acceptors (Lipinski definition) is 12. The number of nitrogens with two attached hydrogens (primary N) is 1. The molecular weight excluding hydrogens is 537 g/mol. The summed E-state index contributed by atoms with van der Waals surface area (Å²) >= 11 is 0. The molecule has 2 aromatic carbocycles. The summed E-state index contributed by atoms with van der Waals surface area (Å²) in [7, 11) is 0. The maximum absolute atomic E-state index is 13.5. The molecule has 3 N–H and O–H groups in total. The van der Waals surface area contributed by atoms with Gasteiger partial charge in [0.15, 0.2) is 17.2 Å². The van der Waals surface area contributed by atoms with Crippen LogP contribution in [0.25, 0.3) is 5.82 Å². The van der Waals surface area contributed by atoms with Gasteiger partial charge in [-0.25, -0.2) is 14.4 Å². The topological polar surface area (TPSA) is 168 Å². The quantitative estimate of drug-likeness (QED) is 0.201. The normalized spacial score (nSPS) is 13.9. The van der Waals surface area contributed by atoms with Gasteiger partial charge in [0.2, 0.25) is 11.6 Å². The van der Waals surface area contributed by atoms with Crippen LogP contribution in [0.5, 0.6) is 11.5 Å². The third-order valence-electron chi connectivity index (χ3n) is 6.06. The number of nitrogens with one attached hydrogen (secondary N) is 1. The molecule has 15 heteroatoms. The second-order valence-corrected chi connectivity index (χ2v) is 8.92. The average molecular weight is 566 g/mol. The molecule has 0 radical (unpaired) electrons. The van der Waals surface area contributed by atoms with Gasteiger partial charge in [-0.2, -0.15) is 9.78 Å². The molecule has 4 aromatic rings. The van der Waals surface area contributed by atoms with Crippen molar-refractivity contribution in [3.05, 3.63) is 70.8 Å². The Kier molecular flexibility index (Phi) is 8.76. The SMILES string of the molecule is CCOc1cc(/C=N/NC(=O)c2c(CN3CCOCC3)nnn2-c2nonc2N)ccc1OCc1cccc(F)c1. The van der Waals surface area contributed by atoms with E-state index in [0.717, 1.165) is 0 Å². The van der Waals surface area contributed by atoms with Crippen molar-refractivity contribution in [1.82, 2.24) is 35.6 Å². The maximum atomic E-state index is 13.5. The molecule has 0 saturated carbocycles. The summed E-state index contributed by atoms with van der Waals surface area (Å²) in [6, 6.07) is 11.4. The Morgan fingerprint density at radius 3 is 2.78 bits per heavy atom. The standard InChI is InChI=1S/C26H28FN9O5/c1-2-39-22-13-17(6-7-21(22)40-16-18-4-3-5-19(27)12-18)14-29-31-26(37)23-20(15-35-8-10-38-11-9-35)30-34-36(23)25-24(28)32-41-33-25/h3-7,12-14H,2,8-11,15-16H2,1H3,(H2,28,32)(H,31,37)/b29-14+. The molecule has 41 heavy (non-hydrogen) atoms. The fourth-order valence-electron chi connectivity index (χ4n) is 4.10. The van der Waals surface area contributed by atoms with Crippen LogP contribution >= 0.6 is 0 Å². The summed E-state index contributed by atoms with van der Waals surface area (Å²) in [6.07, 6.45) is 1.46. The first-order valence-electron chi connectivity index (χ1n) is 12.8. The molecular formula is C26H28FN9O5. The van der Waals surface area contributed by atoms with Crippen LogP contribution in [-0.2, 0) is 17.9 Å². The van der Waals surface area contributed by atoms with Crippen LogP contribution in [0.4, 0.5) is 10.2 Å². The highest BCUT2D eigenvalue weighted by Gasteiger charge is 2.26. The molecule has 1 aliphatic rings. The number of morpholine rings is 1. The minimum absolute atomic E-state index is 0.0371. The van der Waals surface area contributed by atoms with Gasteiger partial charge in [0.05, 0.1) is 26.0 Å². The van der Waals surface area contributed by atoms with Crippen LogP contribution in [0, 0.1) is 5.82 Å². The van der Waals surface area contributed by atoms with E-state index in [1.165, 1.54) is 23.0 Å². The van der Waals surface area contributed by atoms with Crippen LogP contribution < -0.4 is 20.6 Å². The number of aromatic nitrogens is 5. The van der Waals surface area contributed by atoms with Gasteiger partial charge in [0.1, 0.15) is 18.1 Å². The third-order valence-corrected chi connectivity index (χ3v) is 6.06. The third kappa shape index (κ3) is 6.82. The summed E-state index contributed by atoms with van der Waals surface area (Å²) in [5.74, 6) is 0.0283. The second-order valence-electron chi connectivity index (χ2n) is 8.92. The Balaban J connectivity index is 1.31. The molecule has 5 rings (SSSR count). The summed E-state index contributed by atoms with van der Waals surface area (Å²) in [6.45, 7) is 5.30. The number of hydrogen-bond donors (Lipinski definition) is 2. The van der Waals surface area contributed by atoms with Gasteiger partial charge in [-0.15, -0.1) is 5.10 Å². The Hall–Kier alpha value is -4.89. The van der Waals surface area contributed by atoms with Gasteiger partial charge in [0, 0.05) is 19.6 Å². The molecule has 1 fully saturated rings. The molecule has 14 nitrogen and oxygen atoms in total. The number of carbonyl (C=O) groups excluding carboxylic acids is 1. The van der Waals surface area contributed by atoms with Crippen LogP contribution in [0.15, 0.2) is 52.2 Å². The zero-order chi connectivity index (χ0) is 28.6. The summed E-state index contributed by atoms with van der Waals surface area (Å²) in [4.78, 5) is 15.4. The van der Waals surface area contributed by atoms with Crippen molar-refractivity contribution >= 4 is 17.9 Å². The molecule has 0 unspecified atom stereocenters. The number of amides is 1. The van der Waals surface area contributed by atoms with E-state index in [0.29, 0.717) is 67.8 Å². The maximum Gasteiger partial charge on any atom is 0.292 e. The highest BCUT2D eigenvalue weighted by atomic mass is 19.1. The monoisotopic (exact) mass is 565 g/mol. The minimum Gasteiger partial charge on any atom is -0.490 e. The van der Waals surface area contributed by atoms with Crippen LogP contribution in [0.3, 0.4) is 0 Å². The number of benzene rings is 2. The predicted molar refractivity (Wildman–Crippen MR) is 143 cm³/mol. The molecule has 1 aliphatic heterocycles. The van der Waals surface area contributed by atoms with E-state index < -0.39 is 5.91 Å². The van der Waals surface area contributed by atoms with Gasteiger partial charge < -0.3 is 19.9 Å². The lowest BCUT2D eigenvalue weighted by Crippen LogP contribution is -2.36. The zero-order valence-electron chi connectivity index (χ0n) is 22.2. The molecule has 0 bridgehead atoms. The van der Waals surface area contributed by atoms with Crippen LogP contribution in [-0.4, -0.2) is 75.2 Å². The minimum atomic E-state index is -0.586. The number of nitrogens with zero attached hydrogens (tertiary/aromatic N) is 7. The number of nitrogen functional groups attached to an aromatic ring is 1. The van der Waals surface area contributed by atoms with Crippen molar-refractivity contribution in [1.29, 1.82) is 0 Å². The molecule has 3 heterocycles. The lowest BCUT2D eigenvalue weighted by molar-refractivity contribution is 0.0335. The summed E-state index contributed by atoms with van der Waals surface area (Å²) < 4.78 is 36.3. The van der Waals surface area contributed by atoms with Gasteiger partial charge in [-0.3, -0.25) is 9.69 Å². The van der Waals surface area contributed by atoms with Crippen molar-refractivity contribution in [2.45, 2.75) is 20.1 Å². The first-order chi connectivity index (χ1) is 20.0. The van der Waals surface area contributed by atoms with E-state index in [-0.39, 0.29) is 29.8 Å². The summed E-state index contributed by atoms with van der Waals surface area (Å²) in [5, 5.41) is 19.7. The van der Waals surface area contributed by atoms with Gasteiger partial charge in [-0.1, -0.05) is 17.3 Å². The molecule has 0 spiro atoms. The van der Waals surface area contributed by atoms with Crippen molar-refractivity contribution < 1.29 is 28.0 Å². The molecule has 1 amide bonds. The number of ether oxygens (including phenoxy) is 3. The van der Waals surface area contributed by atoms with Gasteiger partial charge in [0.25, 0.3) is 5.91 Å². The van der Waals surface area contributed by atoms with E-state index in [4.69, 9.17) is 19.9 Å². The molecule has 0 aliphatic carbocycles. The van der Waals surface area contributed by atoms with E-state index >= 15 is 0 Å². The van der Waals surface area contributed by atoms with E-state index in [1.807, 2.05) is 6.92 Å². The smallest absolute Gasteiger partial charge is 0.292 e. The Morgan fingerprint density at radius 1 is 1.17 bits per heavy atom. The number of halogens is 1. The predicted octanol–water partition coefficient (Wildman–Crippen LogP) is 1.95. The van der Waals surface area contributed by atoms with Crippen molar-refractivity contribution in [2.75, 3.05) is 38.6 Å². The second kappa shape index (κ2) is 13.0. The van der Waals surface area contributed by atoms with E-state index in [2.05, 4.69) is 40.7 Å². The summed E-state index contributed by atoms with van der Waals surface area (Å²) in [5.41, 5.74) is 10.2. The van der Waals surface area contributed by atoms with Crippen molar-refractivity contribution in [3.63, 3.8) is 0 Å². The number of hydrazone groups is 1. The van der Waals surface area contributed by atoms with Crippen LogP contribution in [0.1, 0.15) is 34.2 Å².